The summed E-state index contributed by atoms with van der Waals surface area (Å²) < 4.78 is 1.24. The molecule has 0 aromatic heterocycles. The number of halogens is 1. The Morgan fingerprint density at radius 3 is 2.64 bits per heavy atom. The van der Waals surface area contributed by atoms with Gasteiger partial charge in [-0.15, -0.1) is 6.58 Å². The molecule has 0 spiro atoms. The van der Waals surface area contributed by atoms with Gasteiger partial charge in [0.1, 0.15) is 0 Å². The molecule has 1 heteroatoms. The second-order valence-corrected chi connectivity index (χ2v) is 4.33. The normalized spacial score (nSPS) is 10.1. The van der Waals surface area contributed by atoms with Gasteiger partial charge in [0.15, 0.2) is 0 Å². The van der Waals surface area contributed by atoms with E-state index in [0.29, 0.717) is 0 Å². The van der Waals surface area contributed by atoms with E-state index in [0.717, 1.165) is 6.42 Å². The Balaban J connectivity index is 2.24. The zero-order chi connectivity index (χ0) is 10.2. The van der Waals surface area contributed by atoms with Crippen molar-refractivity contribution in [3.8, 4) is 0 Å². The molecule has 76 valence electrons. The highest BCUT2D eigenvalue weighted by Crippen LogP contribution is 2.18. The third-order valence-electron chi connectivity index (χ3n) is 2.31. The number of unbranched alkanes of at least 4 members (excludes halogenated alkanes) is 3. The van der Waals surface area contributed by atoms with Crippen molar-refractivity contribution in [2.75, 3.05) is 0 Å². The molecule has 1 aromatic carbocycles. The van der Waals surface area contributed by atoms with E-state index in [1.807, 2.05) is 6.08 Å². The molecular formula is C13H17Br. The van der Waals surface area contributed by atoms with Gasteiger partial charge in [0.25, 0.3) is 0 Å². The van der Waals surface area contributed by atoms with Gasteiger partial charge >= 0.3 is 0 Å². The lowest BCUT2D eigenvalue weighted by Gasteiger charge is -2.03. The van der Waals surface area contributed by atoms with Crippen LogP contribution < -0.4 is 0 Å². The number of rotatable bonds is 6. The molecule has 0 saturated carbocycles. The molecule has 0 aliphatic heterocycles. The molecule has 1 rings (SSSR count). The molecule has 0 fully saturated rings. The molecule has 0 atom stereocenters. The van der Waals surface area contributed by atoms with E-state index in [4.69, 9.17) is 0 Å². The summed E-state index contributed by atoms with van der Waals surface area (Å²) in [6.45, 7) is 3.72. The molecule has 0 radical (unpaired) electrons. The predicted octanol–water partition coefficient (Wildman–Crippen LogP) is 4.74. The summed E-state index contributed by atoms with van der Waals surface area (Å²) in [6, 6.07) is 8.46. The smallest absolute Gasteiger partial charge is 0.0207 e. The monoisotopic (exact) mass is 252 g/mol. The van der Waals surface area contributed by atoms with E-state index in [1.54, 1.807) is 0 Å². The number of hydrogen-bond acceptors (Lipinski definition) is 0. The average Bonchev–Trinajstić information content (AvgIpc) is 2.20. The third-order valence-corrected chi connectivity index (χ3v) is 3.09. The van der Waals surface area contributed by atoms with E-state index in [2.05, 4.69) is 46.8 Å². The number of aryl methyl sites for hydroxylation is 1. The minimum absolute atomic E-state index is 1.15. The molecule has 0 N–H and O–H groups in total. The van der Waals surface area contributed by atoms with Crippen molar-refractivity contribution in [2.45, 2.75) is 32.1 Å². The summed E-state index contributed by atoms with van der Waals surface area (Å²) in [5.74, 6) is 0. The molecule has 0 bridgehead atoms. The van der Waals surface area contributed by atoms with Crippen molar-refractivity contribution in [1.29, 1.82) is 0 Å². The van der Waals surface area contributed by atoms with Crippen molar-refractivity contribution >= 4 is 15.9 Å². The molecule has 14 heavy (non-hydrogen) atoms. The van der Waals surface area contributed by atoms with E-state index >= 15 is 0 Å². The zero-order valence-electron chi connectivity index (χ0n) is 8.51. The van der Waals surface area contributed by atoms with Gasteiger partial charge in [-0.25, -0.2) is 0 Å². The second kappa shape index (κ2) is 6.83. The Hall–Kier alpha value is -0.560. The van der Waals surface area contributed by atoms with E-state index in [9.17, 15) is 0 Å². The second-order valence-electron chi connectivity index (χ2n) is 3.48. The average molecular weight is 253 g/mol. The van der Waals surface area contributed by atoms with Crippen LogP contribution in [0.1, 0.15) is 31.2 Å². The lowest BCUT2D eigenvalue weighted by atomic mass is 10.1. The van der Waals surface area contributed by atoms with Crippen LogP contribution in [-0.2, 0) is 6.42 Å². The lowest BCUT2D eigenvalue weighted by Crippen LogP contribution is -1.86. The molecule has 0 aliphatic rings. The van der Waals surface area contributed by atoms with Crippen molar-refractivity contribution in [2.24, 2.45) is 0 Å². The van der Waals surface area contributed by atoms with Crippen molar-refractivity contribution in [1.82, 2.24) is 0 Å². The first kappa shape index (κ1) is 11.5. The van der Waals surface area contributed by atoms with E-state index < -0.39 is 0 Å². The fourth-order valence-electron chi connectivity index (χ4n) is 1.48. The van der Waals surface area contributed by atoms with Crippen LogP contribution in [0.5, 0.6) is 0 Å². The number of benzene rings is 1. The highest BCUT2D eigenvalue weighted by molar-refractivity contribution is 9.10. The summed E-state index contributed by atoms with van der Waals surface area (Å²) in [4.78, 5) is 0. The maximum atomic E-state index is 3.72. The van der Waals surface area contributed by atoms with Gasteiger partial charge in [0.2, 0.25) is 0 Å². The fraction of sp³-hybridized carbons (Fsp3) is 0.385. The Kier molecular flexibility index (Phi) is 5.62. The van der Waals surface area contributed by atoms with Crippen LogP contribution in [0.3, 0.4) is 0 Å². The van der Waals surface area contributed by atoms with Gasteiger partial charge in [-0.3, -0.25) is 0 Å². The van der Waals surface area contributed by atoms with Crippen molar-refractivity contribution in [3.05, 3.63) is 47.0 Å². The van der Waals surface area contributed by atoms with Gasteiger partial charge in [0.05, 0.1) is 0 Å². The largest absolute Gasteiger partial charge is 0.103 e. The van der Waals surface area contributed by atoms with Crippen LogP contribution in [0, 0.1) is 0 Å². The first-order valence-corrected chi connectivity index (χ1v) is 5.98. The summed E-state index contributed by atoms with van der Waals surface area (Å²) in [7, 11) is 0. The predicted molar refractivity (Wildman–Crippen MR) is 66.5 cm³/mol. The van der Waals surface area contributed by atoms with Crippen LogP contribution in [0.4, 0.5) is 0 Å². The van der Waals surface area contributed by atoms with Gasteiger partial charge in [-0.05, 0) is 37.3 Å². The van der Waals surface area contributed by atoms with Gasteiger partial charge in [-0.2, -0.15) is 0 Å². The molecule has 0 unspecified atom stereocenters. The van der Waals surface area contributed by atoms with Crippen LogP contribution in [-0.4, -0.2) is 0 Å². The minimum atomic E-state index is 1.15. The molecule has 0 heterocycles. The third kappa shape index (κ3) is 4.10. The first-order chi connectivity index (χ1) is 6.84. The van der Waals surface area contributed by atoms with Crippen LogP contribution in [0.15, 0.2) is 41.4 Å². The van der Waals surface area contributed by atoms with E-state index in [-0.39, 0.29) is 0 Å². The molecule has 0 aliphatic carbocycles. The van der Waals surface area contributed by atoms with Crippen LogP contribution >= 0.6 is 15.9 Å². The standard InChI is InChI=1S/C13H17Br/c1-2-3-4-5-6-9-12-10-7-8-11-13(12)14/h2,7-8,10-11H,1,3-6,9H2. The molecular weight excluding hydrogens is 236 g/mol. The van der Waals surface area contributed by atoms with Gasteiger partial charge in [0, 0.05) is 4.47 Å². The minimum Gasteiger partial charge on any atom is -0.103 e. The van der Waals surface area contributed by atoms with Gasteiger partial charge < -0.3 is 0 Å². The van der Waals surface area contributed by atoms with Crippen LogP contribution in [0.25, 0.3) is 0 Å². The molecule has 0 amide bonds. The Bertz CT molecular complexity index is 278. The fourth-order valence-corrected chi connectivity index (χ4v) is 1.97. The first-order valence-electron chi connectivity index (χ1n) is 5.19. The van der Waals surface area contributed by atoms with Gasteiger partial charge in [-0.1, -0.05) is 46.6 Å². The topological polar surface area (TPSA) is 0 Å². The highest BCUT2D eigenvalue weighted by Gasteiger charge is 1.97. The summed E-state index contributed by atoms with van der Waals surface area (Å²) in [5.41, 5.74) is 1.42. The lowest BCUT2D eigenvalue weighted by molar-refractivity contribution is 0.686. The summed E-state index contributed by atoms with van der Waals surface area (Å²) in [6.07, 6.45) is 8.17. The van der Waals surface area contributed by atoms with Crippen molar-refractivity contribution in [3.63, 3.8) is 0 Å². The van der Waals surface area contributed by atoms with Crippen molar-refractivity contribution < 1.29 is 0 Å². The van der Waals surface area contributed by atoms with E-state index in [1.165, 1.54) is 35.7 Å². The molecule has 0 saturated heterocycles. The maximum Gasteiger partial charge on any atom is 0.0207 e. The SMILES string of the molecule is C=CCCCCCc1ccccc1Br. The number of hydrogen-bond donors (Lipinski definition) is 0. The Morgan fingerprint density at radius 2 is 1.93 bits per heavy atom. The zero-order valence-corrected chi connectivity index (χ0v) is 10.1. The maximum absolute atomic E-state index is 3.72. The molecule has 1 aromatic rings. The highest BCUT2D eigenvalue weighted by atomic mass is 79.9. The Labute approximate surface area is 95.2 Å². The summed E-state index contributed by atoms with van der Waals surface area (Å²) in [5, 5.41) is 0. The Morgan fingerprint density at radius 1 is 1.14 bits per heavy atom. The molecule has 0 nitrogen and oxygen atoms in total. The summed E-state index contributed by atoms with van der Waals surface area (Å²) >= 11 is 3.56. The quantitative estimate of drug-likeness (QED) is 0.507. The number of allylic oxidation sites excluding steroid dienone is 1. The van der Waals surface area contributed by atoms with Crippen LogP contribution in [0.2, 0.25) is 0 Å².